The summed E-state index contributed by atoms with van der Waals surface area (Å²) in [6.45, 7) is 1.19. The minimum absolute atomic E-state index is 0.324. The van der Waals surface area contributed by atoms with Gasteiger partial charge < -0.3 is 19.3 Å². The molecule has 1 N–H and O–H groups in total. The summed E-state index contributed by atoms with van der Waals surface area (Å²) in [6.07, 6.45) is 6.61. The molecule has 1 aromatic rings. The molecule has 2 aliphatic rings. The van der Waals surface area contributed by atoms with Crippen LogP contribution in [0.2, 0.25) is 0 Å². The van der Waals surface area contributed by atoms with Crippen molar-refractivity contribution in [1.29, 1.82) is 0 Å². The summed E-state index contributed by atoms with van der Waals surface area (Å²) in [5, 5.41) is 9.80. The first-order chi connectivity index (χ1) is 12.0. The number of rotatable bonds is 9. The van der Waals surface area contributed by atoms with Crippen molar-refractivity contribution in [3.63, 3.8) is 0 Å². The molecule has 3 rings (SSSR count). The van der Waals surface area contributed by atoms with E-state index in [1.807, 2.05) is 18.2 Å². The highest BCUT2D eigenvalue weighted by molar-refractivity contribution is 5.77. The van der Waals surface area contributed by atoms with Crippen LogP contribution in [0.1, 0.15) is 44.1 Å². The molecular formula is C20H28O5. The van der Waals surface area contributed by atoms with Gasteiger partial charge in [0.1, 0.15) is 0 Å². The highest BCUT2D eigenvalue weighted by atomic mass is 16.5. The van der Waals surface area contributed by atoms with E-state index in [9.17, 15) is 9.90 Å². The van der Waals surface area contributed by atoms with Crippen molar-refractivity contribution in [1.82, 2.24) is 0 Å². The predicted molar refractivity (Wildman–Crippen MR) is 94.3 cm³/mol. The molecule has 0 heterocycles. The lowest BCUT2D eigenvalue weighted by atomic mass is 9.44. The van der Waals surface area contributed by atoms with Gasteiger partial charge in [0, 0.05) is 20.1 Å². The number of ether oxygens (including phenoxy) is 3. The molecule has 0 aliphatic heterocycles. The van der Waals surface area contributed by atoms with Crippen LogP contribution in [0.5, 0.6) is 11.5 Å². The number of carboxylic acid groups (broad SMARTS) is 1. The first-order valence-electron chi connectivity index (χ1n) is 9.05. The predicted octanol–water partition coefficient (Wildman–Crippen LogP) is 3.69. The molecule has 2 aliphatic carbocycles. The van der Waals surface area contributed by atoms with Gasteiger partial charge in [0.2, 0.25) is 0 Å². The number of hydrogen-bond donors (Lipinski definition) is 1. The Kier molecular flexibility index (Phi) is 5.23. The second kappa shape index (κ2) is 7.24. The smallest absolute Gasteiger partial charge is 0.310 e. The Morgan fingerprint density at radius 1 is 1.16 bits per heavy atom. The summed E-state index contributed by atoms with van der Waals surface area (Å²) >= 11 is 0. The van der Waals surface area contributed by atoms with Crippen molar-refractivity contribution < 1.29 is 24.1 Å². The van der Waals surface area contributed by atoms with E-state index in [0.29, 0.717) is 36.5 Å². The molecule has 25 heavy (non-hydrogen) atoms. The topological polar surface area (TPSA) is 65.0 Å². The van der Waals surface area contributed by atoms with Crippen molar-refractivity contribution in [2.75, 3.05) is 27.4 Å². The Hall–Kier alpha value is -1.75. The van der Waals surface area contributed by atoms with Crippen molar-refractivity contribution >= 4 is 5.97 Å². The first kappa shape index (κ1) is 18.1. The zero-order chi connectivity index (χ0) is 17.9. The third kappa shape index (κ3) is 3.61. The average molecular weight is 348 g/mol. The zero-order valence-electron chi connectivity index (χ0n) is 15.2. The lowest BCUT2D eigenvalue weighted by molar-refractivity contribution is -0.174. The Bertz CT molecular complexity index is 613. The van der Waals surface area contributed by atoms with Gasteiger partial charge in [-0.3, -0.25) is 4.79 Å². The zero-order valence-corrected chi connectivity index (χ0v) is 15.2. The summed E-state index contributed by atoms with van der Waals surface area (Å²) in [6, 6.07) is 5.76. The van der Waals surface area contributed by atoms with Gasteiger partial charge in [-0.05, 0) is 55.2 Å². The summed E-state index contributed by atoms with van der Waals surface area (Å²) in [7, 11) is 3.28. The summed E-state index contributed by atoms with van der Waals surface area (Å²) in [5.41, 5.74) is 0.714. The van der Waals surface area contributed by atoms with Gasteiger partial charge in [-0.25, -0.2) is 0 Å². The number of methoxy groups -OCH3 is 2. The van der Waals surface area contributed by atoms with Crippen LogP contribution in [0.3, 0.4) is 0 Å². The fourth-order valence-electron chi connectivity index (χ4n) is 4.49. The lowest BCUT2D eigenvalue weighted by Crippen LogP contribution is -2.55. The molecule has 5 nitrogen and oxygen atoms in total. The largest absolute Gasteiger partial charge is 0.493 e. The molecule has 2 saturated carbocycles. The van der Waals surface area contributed by atoms with Crippen molar-refractivity contribution in [2.45, 2.75) is 44.9 Å². The van der Waals surface area contributed by atoms with Crippen molar-refractivity contribution in [2.24, 2.45) is 10.8 Å². The third-order valence-corrected chi connectivity index (χ3v) is 5.82. The summed E-state index contributed by atoms with van der Waals surface area (Å²) < 4.78 is 16.2. The SMILES string of the molecule is COCCCOc1cc(CC2(C(=O)O)CC3(CCC3)C2)ccc1OC. The Morgan fingerprint density at radius 2 is 1.92 bits per heavy atom. The second-order valence-corrected chi connectivity index (χ2v) is 7.65. The van der Waals surface area contributed by atoms with Crippen LogP contribution in [-0.4, -0.2) is 38.5 Å². The van der Waals surface area contributed by atoms with E-state index in [0.717, 1.165) is 24.8 Å². The number of hydrogen-bond acceptors (Lipinski definition) is 4. The summed E-state index contributed by atoms with van der Waals surface area (Å²) in [5.74, 6) is 0.687. The van der Waals surface area contributed by atoms with E-state index in [4.69, 9.17) is 14.2 Å². The number of carbonyl (C=O) groups is 1. The van der Waals surface area contributed by atoms with Gasteiger partial charge in [0.25, 0.3) is 0 Å². The molecule has 0 saturated heterocycles. The van der Waals surface area contributed by atoms with E-state index in [1.54, 1.807) is 14.2 Å². The van der Waals surface area contributed by atoms with E-state index in [-0.39, 0.29) is 0 Å². The van der Waals surface area contributed by atoms with Crippen LogP contribution in [0.4, 0.5) is 0 Å². The molecule has 0 bridgehead atoms. The minimum atomic E-state index is -0.664. The van der Waals surface area contributed by atoms with Gasteiger partial charge in [0.15, 0.2) is 11.5 Å². The van der Waals surface area contributed by atoms with Crippen molar-refractivity contribution in [3.8, 4) is 11.5 Å². The van der Waals surface area contributed by atoms with Gasteiger partial charge in [-0.1, -0.05) is 12.5 Å². The molecule has 1 aromatic carbocycles. The maximum atomic E-state index is 11.9. The fraction of sp³-hybridized carbons (Fsp3) is 0.650. The second-order valence-electron chi connectivity index (χ2n) is 7.65. The maximum Gasteiger partial charge on any atom is 0.310 e. The number of benzene rings is 1. The molecule has 0 atom stereocenters. The third-order valence-electron chi connectivity index (χ3n) is 5.82. The first-order valence-corrected chi connectivity index (χ1v) is 9.05. The Morgan fingerprint density at radius 3 is 2.48 bits per heavy atom. The van der Waals surface area contributed by atoms with E-state index < -0.39 is 11.4 Å². The van der Waals surface area contributed by atoms with E-state index in [1.165, 1.54) is 19.3 Å². The van der Waals surface area contributed by atoms with Gasteiger partial charge in [-0.15, -0.1) is 0 Å². The lowest BCUT2D eigenvalue weighted by Gasteiger charge is -2.59. The normalized spacial score (nSPS) is 19.8. The molecule has 0 aromatic heterocycles. The van der Waals surface area contributed by atoms with Crippen LogP contribution >= 0.6 is 0 Å². The highest BCUT2D eigenvalue weighted by Crippen LogP contribution is 2.65. The maximum absolute atomic E-state index is 11.9. The summed E-state index contributed by atoms with van der Waals surface area (Å²) in [4.78, 5) is 11.9. The molecule has 5 heteroatoms. The average Bonchev–Trinajstić information content (AvgIpc) is 2.52. The minimum Gasteiger partial charge on any atom is -0.493 e. The quantitative estimate of drug-likeness (QED) is 0.690. The van der Waals surface area contributed by atoms with Crippen LogP contribution < -0.4 is 9.47 Å². The Labute approximate surface area is 149 Å². The standard InChI is InChI=1S/C20H28O5/c1-23-9-4-10-25-17-11-15(5-6-16(17)24-2)12-20(18(21)22)13-19(14-20)7-3-8-19/h5-6,11H,3-4,7-10,12-14H2,1-2H3,(H,21,22). The molecule has 138 valence electrons. The highest BCUT2D eigenvalue weighted by Gasteiger charge is 2.60. The van der Waals surface area contributed by atoms with Gasteiger partial charge in [-0.2, -0.15) is 0 Å². The van der Waals surface area contributed by atoms with Crippen molar-refractivity contribution in [3.05, 3.63) is 23.8 Å². The molecule has 2 fully saturated rings. The van der Waals surface area contributed by atoms with Crippen LogP contribution in [0.15, 0.2) is 18.2 Å². The molecule has 0 radical (unpaired) electrons. The van der Waals surface area contributed by atoms with Crippen LogP contribution in [-0.2, 0) is 16.0 Å². The number of carboxylic acids is 1. The molecule has 0 unspecified atom stereocenters. The Balaban J connectivity index is 1.69. The van der Waals surface area contributed by atoms with E-state index in [2.05, 4.69) is 0 Å². The molecular weight excluding hydrogens is 320 g/mol. The van der Waals surface area contributed by atoms with Gasteiger partial charge in [0.05, 0.1) is 19.1 Å². The van der Waals surface area contributed by atoms with E-state index >= 15 is 0 Å². The molecule has 0 amide bonds. The van der Waals surface area contributed by atoms with Crippen LogP contribution in [0.25, 0.3) is 0 Å². The molecule has 1 spiro atoms. The number of aliphatic carboxylic acids is 1. The fourth-order valence-corrected chi connectivity index (χ4v) is 4.49. The van der Waals surface area contributed by atoms with Crippen LogP contribution in [0, 0.1) is 10.8 Å². The van der Waals surface area contributed by atoms with Gasteiger partial charge >= 0.3 is 5.97 Å². The monoisotopic (exact) mass is 348 g/mol.